The fourth-order valence-corrected chi connectivity index (χ4v) is 2.42. The van der Waals surface area contributed by atoms with Gasteiger partial charge in [-0.2, -0.15) is 0 Å². The molecule has 6 nitrogen and oxygen atoms in total. The van der Waals surface area contributed by atoms with Crippen molar-refractivity contribution in [1.82, 2.24) is 9.55 Å². The second-order valence-corrected chi connectivity index (χ2v) is 5.52. The first-order valence-electron chi connectivity index (χ1n) is 7.11. The summed E-state index contributed by atoms with van der Waals surface area (Å²) >= 11 is 5.08. The van der Waals surface area contributed by atoms with Crippen LogP contribution in [0.5, 0.6) is 5.88 Å². The van der Waals surface area contributed by atoms with E-state index in [1.807, 2.05) is 31.2 Å². The molecule has 0 saturated heterocycles. The molecule has 2 rings (SSSR count). The van der Waals surface area contributed by atoms with Crippen molar-refractivity contribution in [2.24, 2.45) is 4.99 Å². The molecule has 0 bridgehead atoms. The molecule has 0 spiro atoms. The van der Waals surface area contributed by atoms with Gasteiger partial charge in [0, 0.05) is 7.11 Å². The molecule has 0 aliphatic rings. The van der Waals surface area contributed by atoms with Gasteiger partial charge in [-0.25, -0.2) is 0 Å². The van der Waals surface area contributed by atoms with Gasteiger partial charge in [-0.3, -0.25) is 19.3 Å². The first-order valence-corrected chi connectivity index (χ1v) is 7.52. The number of ether oxygens (including phenoxy) is 1. The Morgan fingerprint density at radius 3 is 2.65 bits per heavy atom. The molecule has 7 heteroatoms. The zero-order chi connectivity index (χ0) is 17.0. The third kappa shape index (κ3) is 3.94. The number of aromatic nitrogens is 2. The van der Waals surface area contributed by atoms with Crippen molar-refractivity contribution in [2.75, 3.05) is 13.7 Å². The highest BCUT2D eigenvalue weighted by atomic mass is 32.1. The summed E-state index contributed by atoms with van der Waals surface area (Å²) < 4.78 is 6.56. The summed E-state index contributed by atoms with van der Waals surface area (Å²) in [5.41, 5.74) is 1.88. The van der Waals surface area contributed by atoms with Crippen LogP contribution >= 0.6 is 12.2 Å². The number of benzene rings is 1. The Morgan fingerprint density at radius 1 is 1.39 bits per heavy atom. The summed E-state index contributed by atoms with van der Waals surface area (Å²) in [7, 11) is 1.55. The van der Waals surface area contributed by atoms with E-state index >= 15 is 0 Å². The third-order valence-corrected chi connectivity index (χ3v) is 3.71. The molecule has 1 heterocycles. The monoisotopic (exact) mass is 333 g/mol. The summed E-state index contributed by atoms with van der Waals surface area (Å²) in [5, 5.41) is 10.4. The van der Waals surface area contributed by atoms with Crippen LogP contribution in [0.3, 0.4) is 0 Å². The van der Waals surface area contributed by atoms with Gasteiger partial charge in [0.05, 0.1) is 24.6 Å². The predicted octanol–water partition coefficient (Wildman–Crippen LogP) is 2.71. The summed E-state index contributed by atoms with van der Waals surface area (Å²) in [6.07, 6.45) is 0. The highest BCUT2D eigenvalue weighted by Gasteiger charge is 2.15. The Kier molecular flexibility index (Phi) is 5.46. The minimum atomic E-state index is -0.463. The number of aromatic amines is 1. The summed E-state index contributed by atoms with van der Waals surface area (Å²) in [5.74, 6) is -0.204. The summed E-state index contributed by atoms with van der Waals surface area (Å²) in [4.78, 5) is 19.1. The van der Waals surface area contributed by atoms with E-state index in [9.17, 15) is 9.90 Å². The first kappa shape index (κ1) is 17.1. The number of methoxy groups -OCH3 is 1. The number of H-pyrrole nitrogens is 1. The number of rotatable bonds is 5. The van der Waals surface area contributed by atoms with Gasteiger partial charge in [-0.1, -0.05) is 17.7 Å². The molecular formula is C16H19N3O3S. The van der Waals surface area contributed by atoms with Crippen molar-refractivity contribution in [3.63, 3.8) is 0 Å². The highest BCUT2D eigenvalue weighted by molar-refractivity contribution is 7.71. The molecular weight excluding hydrogens is 314 g/mol. The van der Waals surface area contributed by atoms with Gasteiger partial charge in [0.2, 0.25) is 5.88 Å². The summed E-state index contributed by atoms with van der Waals surface area (Å²) in [6, 6.07) is 7.57. The maximum Gasteiger partial charge on any atom is 0.264 e. The van der Waals surface area contributed by atoms with E-state index in [1.165, 1.54) is 4.57 Å². The molecule has 122 valence electrons. The fraction of sp³-hybridized carbons (Fsp3) is 0.312. The zero-order valence-electron chi connectivity index (χ0n) is 13.3. The van der Waals surface area contributed by atoms with Crippen LogP contribution in [0.1, 0.15) is 18.1 Å². The largest absolute Gasteiger partial charge is 0.494 e. The van der Waals surface area contributed by atoms with E-state index in [0.717, 1.165) is 5.56 Å². The average Bonchev–Trinajstić information content (AvgIpc) is 2.49. The van der Waals surface area contributed by atoms with E-state index in [2.05, 4.69) is 9.98 Å². The first-order chi connectivity index (χ1) is 10.9. The lowest BCUT2D eigenvalue weighted by atomic mass is 10.2. The van der Waals surface area contributed by atoms with Gasteiger partial charge in [0.25, 0.3) is 5.56 Å². The van der Waals surface area contributed by atoms with E-state index in [0.29, 0.717) is 24.6 Å². The molecule has 0 fully saturated rings. The van der Waals surface area contributed by atoms with Crippen molar-refractivity contribution < 1.29 is 9.84 Å². The van der Waals surface area contributed by atoms with Gasteiger partial charge in [0.15, 0.2) is 4.77 Å². The van der Waals surface area contributed by atoms with E-state index in [1.54, 1.807) is 14.0 Å². The van der Waals surface area contributed by atoms with Gasteiger partial charge < -0.3 is 9.84 Å². The van der Waals surface area contributed by atoms with Gasteiger partial charge in [-0.15, -0.1) is 0 Å². The van der Waals surface area contributed by atoms with Crippen molar-refractivity contribution >= 4 is 23.6 Å². The molecule has 1 aromatic carbocycles. The van der Waals surface area contributed by atoms with Crippen molar-refractivity contribution in [3.8, 4) is 5.88 Å². The quantitative estimate of drug-likeness (QED) is 0.651. The third-order valence-electron chi connectivity index (χ3n) is 3.38. The number of aromatic hydroxyl groups is 1. The average molecular weight is 333 g/mol. The van der Waals surface area contributed by atoms with Gasteiger partial charge >= 0.3 is 0 Å². The van der Waals surface area contributed by atoms with Gasteiger partial charge in [0.1, 0.15) is 5.56 Å². The Bertz CT molecular complexity index is 835. The predicted molar refractivity (Wildman–Crippen MR) is 92.5 cm³/mol. The lowest BCUT2D eigenvalue weighted by molar-refractivity contribution is 0.182. The Balaban J connectivity index is 2.51. The Labute approximate surface area is 139 Å². The lowest BCUT2D eigenvalue weighted by Gasteiger charge is -2.12. The molecule has 23 heavy (non-hydrogen) atoms. The lowest BCUT2D eigenvalue weighted by Crippen LogP contribution is -2.22. The minimum absolute atomic E-state index is 0.107. The maximum absolute atomic E-state index is 12.2. The number of nitrogens with zero attached hydrogens (tertiary/aromatic N) is 2. The van der Waals surface area contributed by atoms with Crippen molar-refractivity contribution in [3.05, 3.63) is 50.5 Å². The molecule has 0 radical (unpaired) electrons. The van der Waals surface area contributed by atoms with Crippen LogP contribution in [0.25, 0.3) is 0 Å². The van der Waals surface area contributed by atoms with Crippen molar-refractivity contribution in [2.45, 2.75) is 20.4 Å². The van der Waals surface area contributed by atoms with Crippen molar-refractivity contribution in [1.29, 1.82) is 0 Å². The highest BCUT2D eigenvalue weighted by Crippen LogP contribution is 2.18. The van der Waals surface area contributed by atoms with E-state index in [-0.39, 0.29) is 16.2 Å². The molecule has 0 saturated carbocycles. The smallest absolute Gasteiger partial charge is 0.264 e. The topological polar surface area (TPSA) is 79.6 Å². The molecule has 1 aromatic heterocycles. The maximum atomic E-state index is 12.2. The second kappa shape index (κ2) is 7.34. The zero-order valence-corrected chi connectivity index (χ0v) is 14.1. The molecule has 0 amide bonds. The molecule has 2 aromatic rings. The SMILES string of the molecule is COCCn1c(O)c(C(C)=Nc2ccc(C)cc2)c(=O)[nH]c1=S. The van der Waals surface area contributed by atoms with E-state index in [4.69, 9.17) is 17.0 Å². The minimum Gasteiger partial charge on any atom is -0.494 e. The van der Waals surface area contributed by atoms with Crippen LogP contribution < -0.4 is 5.56 Å². The van der Waals surface area contributed by atoms with Crippen LogP contribution in [0.2, 0.25) is 0 Å². The fourth-order valence-electron chi connectivity index (χ4n) is 2.14. The second-order valence-electron chi connectivity index (χ2n) is 5.14. The number of hydrogen-bond donors (Lipinski definition) is 2. The summed E-state index contributed by atoms with van der Waals surface area (Å²) in [6.45, 7) is 4.36. The molecule has 0 aliphatic heterocycles. The number of nitrogens with one attached hydrogen (secondary N) is 1. The van der Waals surface area contributed by atoms with Gasteiger partial charge in [-0.05, 0) is 38.2 Å². The van der Waals surface area contributed by atoms with Crippen LogP contribution in [0.15, 0.2) is 34.1 Å². The van der Waals surface area contributed by atoms with E-state index < -0.39 is 5.56 Å². The van der Waals surface area contributed by atoms with Crippen LogP contribution in [-0.2, 0) is 11.3 Å². The molecule has 0 atom stereocenters. The van der Waals surface area contributed by atoms with Crippen LogP contribution in [-0.4, -0.2) is 34.1 Å². The number of hydrogen-bond acceptors (Lipinski definition) is 5. The van der Waals surface area contributed by atoms with Crippen LogP contribution in [0.4, 0.5) is 5.69 Å². The molecule has 0 unspecified atom stereocenters. The van der Waals surface area contributed by atoms with Crippen LogP contribution in [0, 0.1) is 11.7 Å². The Morgan fingerprint density at radius 2 is 2.04 bits per heavy atom. The number of aryl methyl sites for hydroxylation is 1. The molecule has 0 aliphatic carbocycles. The molecule has 2 N–H and O–H groups in total. The standard InChI is InChI=1S/C16H19N3O3S/c1-10-4-6-12(7-5-10)17-11(2)13-14(20)18-16(23)19(15(13)21)8-9-22-3/h4-7,21H,8-9H2,1-3H3,(H,18,20,23). The Hall–Kier alpha value is -2.25. The normalized spacial score (nSPS) is 11.7. The number of aliphatic imine (C=N–C) groups is 1.